The van der Waals surface area contributed by atoms with Gasteiger partial charge in [-0.25, -0.2) is 0 Å². The highest BCUT2D eigenvalue weighted by Crippen LogP contribution is 2.26. The van der Waals surface area contributed by atoms with Crippen LogP contribution >= 0.6 is 11.8 Å². The molecule has 1 atom stereocenters. The first kappa shape index (κ1) is 13.6. The molecular formula is C13H21NOS. The van der Waals surface area contributed by atoms with Gasteiger partial charge in [0.1, 0.15) is 0 Å². The summed E-state index contributed by atoms with van der Waals surface area (Å²) in [6, 6.07) is 8.78. The summed E-state index contributed by atoms with van der Waals surface area (Å²) in [6.07, 6.45) is 1.15. The van der Waals surface area contributed by atoms with Crippen LogP contribution in [0.25, 0.3) is 0 Å². The average Bonchev–Trinajstić information content (AvgIpc) is 2.33. The Morgan fingerprint density at radius 3 is 2.81 bits per heavy atom. The predicted octanol–water partition coefficient (Wildman–Crippen LogP) is 2.83. The second-order valence-corrected chi connectivity index (χ2v) is 4.92. The Hall–Kier alpha value is -0.510. The average molecular weight is 239 g/mol. The fraction of sp³-hybridized carbons (Fsp3) is 0.538. The van der Waals surface area contributed by atoms with Crippen LogP contribution in [-0.2, 0) is 0 Å². The van der Waals surface area contributed by atoms with Gasteiger partial charge in [0.25, 0.3) is 0 Å². The van der Waals surface area contributed by atoms with E-state index in [2.05, 4.69) is 43.4 Å². The first-order valence-electron chi connectivity index (χ1n) is 5.85. The van der Waals surface area contributed by atoms with Crippen molar-refractivity contribution in [1.29, 1.82) is 0 Å². The molecule has 1 unspecified atom stereocenters. The predicted molar refractivity (Wildman–Crippen MR) is 71.0 cm³/mol. The maximum Gasteiger partial charge on any atom is 0.0525 e. The minimum atomic E-state index is 0.232. The van der Waals surface area contributed by atoms with Gasteiger partial charge in [0.15, 0.2) is 0 Å². The molecule has 0 aliphatic heterocycles. The molecule has 0 bridgehead atoms. The van der Waals surface area contributed by atoms with Crippen LogP contribution in [0, 0.1) is 0 Å². The van der Waals surface area contributed by atoms with Gasteiger partial charge >= 0.3 is 0 Å². The molecule has 2 N–H and O–H groups in total. The van der Waals surface area contributed by atoms with Gasteiger partial charge in [-0.2, -0.15) is 0 Å². The second-order valence-electron chi connectivity index (χ2n) is 3.79. The number of aliphatic hydroxyl groups excluding tert-OH is 1. The van der Waals surface area contributed by atoms with Crippen LogP contribution in [0.5, 0.6) is 0 Å². The summed E-state index contributed by atoms with van der Waals surface area (Å²) in [4.78, 5) is 1.27. The van der Waals surface area contributed by atoms with E-state index in [1.165, 1.54) is 10.5 Å². The first-order valence-corrected chi connectivity index (χ1v) is 6.84. The summed E-state index contributed by atoms with van der Waals surface area (Å²) in [5.74, 6) is 0.761. The number of rotatable bonds is 7. The number of aliphatic hydroxyl groups is 1. The van der Waals surface area contributed by atoms with Crippen molar-refractivity contribution < 1.29 is 5.11 Å². The molecule has 0 amide bonds. The van der Waals surface area contributed by atoms with Crippen molar-refractivity contribution in [3.8, 4) is 0 Å². The van der Waals surface area contributed by atoms with Crippen molar-refractivity contribution in [3.05, 3.63) is 29.8 Å². The topological polar surface area (TPSA) is 32.3 Å². The van der Waals surface area contributed by atoms with Crippen molar-refractivity contribution >= 4 is 11.8 Å². The highest BCUT2D eigenvalue weighted by Gasteiger charge is 2.09. The zero-order valence-corrected chi connectivity index (χ0v) is 10.9. The highest BCUT2D eigenvalue weighted by molar-refractivity contribution is 7.99. The number of nitrogens with one attached hydrogen (secondary N) is 1. The van der Waals surface area contributed by atoms with Gasteiger partial charge in [0.05, 0.1) is 6.61 Å². The van der Waals surface area contributed by atoms with Crippen LogP contribution in [-0.4, -0.2) is 24.0 Å². The van der Waals surface area contributed by atoms with Crippen molar-refractivity contribution in [3.63, 3.8) is 0 Å². The van der Waals surface area contributed by atoms with Gasteiger partial charge in [-0.05, 0) is 31.5 Å². The van der Waals surface area contributed by atoms with Gasteiger partial charge in [0, 0.05) is 16.7 Å². The third-order valence-corrected chi connectivity index (χ3v) is 3.50. The number of thioether (sulfide) groups is 1. The Balaban J connectivity index is 2.68. The fourth-order valence-corrected chi connectivity index (χ4v) is 2.49. The van der Waals surface area contributed by atoms with Crippen molar-refractivity contribution in [2.24, 2.45) is 0 Å². The Morgan fingerprint density at radius 1 is 1.38 bits per heavy atom. The van der Waals surface area contributed by atoms with E-state index in [1.807, 2.05) is 0 Å². The van der Waals surface area contributed by atoms with E-state index >= 15 is 0 Å². The van der Waals surface area contributed by atoms with Gasteiger partial charge in [0.2, 0.25) is 0 Å². The molecule has 16 heavy (non-hydrogen) atoms. The normalized spacial score (nSPS) is 12.7. The van der Waals surface area contributed by atoms with Crippen LogP contribution in [0.2, 0.25) is 0 Å². The Bertz CT molecular complexity index is 304. The molecule has 0 saturated carbocycles. The van der Waals surface area contributed by atoms with E-state index in [9.17, 15) is 0 Å². The summed E-state index contributed by atoms with van der Waals surface area (Å²) in [5.41, 5.74) is 1.33. The molecule has 2 nitrogen and oxygen atoms in total. The smallest absolute Gasteiger partial charge is 0.0525 e. The van der Waals surface area contributed by atoms with Crippen LogP contribution in [0.4, 0.5) is 0 Å². The minimum Gasteiger partial charge on any atom is -0.396 e. The lowest BCUT2D eigenvalue weighted by molar-refractivity contribution is 0.322. The van der Waals surface area contributed by atoms with E-state index in [4.69, 9.17) is 5.11 Å². The molecular weight excluding hydrogens is 218 g/mol. The molecule has 0 aromatic heterocycles. The lowest BCUT2D eigenvalue weighted by atomic mass is 10.1. The molecule has 1 aromatic carbocycles. The lowest BCUT2D eigenvalue weighted by Crippen LogP contribution is -2.19. The van der Waals surface area contributed by atoms with Gasteiger partial charge in [-0.3, -0.25) is 0 Å². The Morgan fingerprint density at radius 2 is 2.12 bits per heavy atom. The van der Waals surface area contributed by atoms with E-state index in [1.54, 1.807) is 11.8 Å². The van der Waals surface area contributed by atoms with Gasteiger partial charge < -0.3 is 10.4 Å². The van der Waals surface area contributed by atoms with Crippen molar-refractivity contribution in [2.45, 2.75) is 31.2 Å². The molecule has 0 saturated heterocycles. The zero-order valence-electron chi connectivity index (χ0n) is 10.1. The van der Waals surface area contributed by atoms with Gasteiger partial charge in [-0.15, -0.1) is 11.8 Å². The molecule has 3 heteroatoms. The summed E-state index contributed by atoms with van der Waals surface area (Å²) in [7, 11) is 0. The molecule has 0 aliphatic carbocycles. The first-order chi connectivity index (χ1) is 7.79. The molecule has 90 valence electrons. The van der Waals surface area contributed by atoms with Crippen LogP contribution in [0.3, 0.4) is 0 Å². The molecule has 0 aliphatic rings. The van der Waals surface area contributed by atoms with Gasteiger partial charge in [-0.1, -0.05) is 25.1 Å². The fourth-order valence-electron chi connectivity index (χ4n) is 1.60. The molecule has 0 spiro atoms. The maximum absolute atomic E-state index is 8.86. The largest absolute Gasteiger partial charge is 0.396 e. The van der Waals surface area contributed by atoms with E-state index in [-0.39, 0.29) is 6.61 Å². The second kappa shape index (κ2) is 7.71. The van der Waals surface area contributed by atoms with Crippen molar-refractivity contribution in [1.82, 2.24) is 5.32 Å². The number of hydrogen-bond donors (Lipinski definition) is 2. The quantitative estimate of drug-likeness (QED) is 0.718. The molecule has 0 heterocycles. The Labute approximate surface area is 102 Å². The summed E-state index contributed by atoms with van der Waals surface area (Å²) in [6.45, 7) is 5.63. The van der Waals surface area contributed by atoms with E-state index in [0.717, 1.165) is 18.7 Å². The third kappa shape index (κ3) is 4.16. The SMILES string of the molecule is CCCNC(C)c1ccccc1SCCO. The number of hydrogen-bond acceptors (Lipinski definition) is 3. The molecule has 0 fully saturated rings. The van der Waals surface area contributed by atoms with Crippen LogP contribution < -0.4 is 5.32 Å². The lowest BCUT2D eigenvalue weighted by Gasteiger charge is -2.17. The van der Waals surface area contributed by atoms with Crippen molar-refractivity contribution in [2.75, 3.05) is 18.9 Å². The van der Waals surface area contributed by atoms with E-state index < -0.39 is 0 Å². The molecule has 0 radical (unpaired) electrons. The highest BCUT2D eigenvalue weighted by atomic mass is 32.2. The summed E-state index contributed by atoms with van der Waals surface area (Å²) >= 11 is 1.72. The molecule has 1 rings (SSSR count). The third-order valence-electron chi connectivity index (χ3n) is 2.43. The molecule has 1 aromatic rings. The monoisotopic (exact) mass is 239 g/mol. The van der Waals surface area contributed by atoms with E-state index in [0.29, 0.717) is 6.04 Å². The Kier molecular flexibility index (Phi) is 6.53. The standard InChI is InChI=1S/C13H21NOS/c1-3-8-14-11(2)12-6-4-5-7-13(12)16-10-9-15/h4-7,11,14-15H,3,8-10H2,1-2H3. The minimum absolute atomic E-state index is 0.232. The van der Waals surface area contributed by atoms with Crippen LogP contribution in [0.15, 0.2) is 29.2 Å². The zero-order chi connectivity index (χ0) is 11.8. The summed E-state index contributed by atoms with van der Waals surface area (Å²) < 4.78 is 0. The maximum atomic E-state index is 8.86. The van der Waals surface area contributed by atoms with Crippen LogP contribution in [0.1, 0.15) is 31.9 Å². The number of benzene rings is 1. The summed E-state index contributed by atoms with van der Waals surface area (Å²) in [5, 5.41) is 12.4.